The molecule has 0 nitrogen and oxygen atoms in total. The molecule has 1 radical (unpaired) electrons. The van der Waals surface area contributed by atoms with Gasteiger partial charge in [-0.05, 0) is 18.3 Å². The van der Waals surface area contributed by atoms with Gasteiger partial charge < -0.3 is 0 Å². The van der Waals surface area contributed by atoms with Crippen LogP contribution in [0.15, 0.2) is 0 Å². The largest absolute Gasteiger partial charge is 0.0654 e. The van der Waals surface area contributed by atoms with Crippen LogP contribution < -0.4 is 0 Å². The van der Waals surface area contributed by atoms with Crippen LogP contribution in [0.2, 0.25) is 0 Å². The molecular formula is C11H23. The molecule has 0 saturated carbocycles. The van der Waals surface area contributed by atoms with Gasteiger partial charge in [0.05, 0.1) is 0 Å². The van der Waals surface area contributed by atoms with Gasteiger partial charge in [-0.3, -0.25) is 0 Å². The van der Waals surface area contributed by atoms with E-state index in [9.17, 15) is 0 Å². The summed E-state index contributed by atoms with van der Waals surface area (Å²) in [5.41, 5.74) is 0.480. The highest BCUT2D eigenvalue weighted by atomic mass is 14.2. The molecule has 67 valence electrons. The summed E-state index contributed by atoms with van der Waals surface area (Å²) in [7, 11) is 0. The van der Waals surface area contributed by atoms with Crippen LogP contribution in [0.4, 0.5) is 0 Å². The Morgan fingerprint density at radius 1 is 1.09 bits per heavy atom. The molecule has 0 fully saturated rings. The highest BCUT2D eigenvalue weighted by Gasteiger charge is 2.13. The van der Waals surface area contributed by atoms with Crippen molar-refractivity contribution in [3.63, 3.8) is 0 Å². The Morgan fingerprint density at radius 2 is 1.73 bits per heavy atom. The highest BCUT2D eigenvalue weighted by molar-refractivity contribution is 4.69. The van der Waals surface area contributed by atoms with Gasteiger partial charge in [-0.2, -0.15) is 0 Å². The van der Waals surface area contributed by atoms with E-state index in [-0.39, 0.29) is 0 Å². The van der Waals surface area contributed by atoms with E-state index >= 15 is 0 Å². The molecule has 0 amide bonds. The maximum absolute atomic E-state index is 3.96. The van der Waals surface area contributed by atoms with Crippen molar-refractivity contribution >= 4 is 0 Å². The predicted octanol–water partition coefficient (Wildman–Crippen LogP) is 4.21. The van der Waals surface area contributed by atoms with Crippen molar-refractivity contribution in [3.05, 3.63) is 6.92 Å². The number of rotatable bonds is 6. The van der Waals surface area contributed by atoms with Gasteiger partial charge in [0.25, 0.3) is 0 Å². The Labute approximate surface area is 72.4 Å². The van der Waals surface area contributed by atoms with Crippen LogP contribution in [0.25, 0.3) is 0 Å². The minimum Gasteiger partial charge on any atom is -0.0654 e. The zero-order valence-corrected chi connectivity index (χ0v) is 8.45. The van der Waals surface area contributed by atoms with Crippen LogP contribution in [0.1, 0.15) is 59.3 Å². The topological polar surface area (TPSA) is 0 Å². The van der Waals surface area contributed by atoms with Crippen molar-refractivity contribution in [2.75, 3.05) is 0 Å². The summed E-state index contributed by atoms with van der Waals surface area (Å²) < 4.78 is 0. The third kappa shape index (κ3) is 6.40. The average Bonchev–Trinajstić information content (AvgIpc) is 1.99. The zero-order chi connectivity index (χ0) is 8.74. The third-order valence-corrected chi connectivity index (χ3v) is 2.38. The Bertz CT molecular complexity index is 82.0. The second-order valence-electron chi connectivity index (χ2n) is 4.22. The molecule has 0 aliphatic carbocycles. The van der Waals surface area contributed by atoms with Crippen LogP contribution >= 0.6 is 0 Å². The van der Waals surface area contributed by atoms with Crippen molar-refractivity contribution < 1.29 is 0 Å². The van der Waals surface area contributed by atoms with Crippen molar-refractivity contribution in [1.82, 2.24) is 0 Å². The average molecular weight is 155 g/mol. The van der Waals surface area contributed by atoms with Gasteiger partial charge in [0.1, 0.15) is 0 Å². The standard InChI is InChI=1S/C11H23/c1-5-7-8-9-10-11(3,4)6-2/h2,5-10H2,1,3-4H3. The Hall–Kier alpha value is 0. The van der Waals surface area contributed by atoms with Gasteiger partial charge in [-0.1, -0.05) is 53.4 Å². The molecular weight excluding hydrogens is 132 g/mol. The first-order chi connectivity index (χ1) is 5.12. The first kappa shape index (κ1) is 11.0. The lowest BCUT2D eigenvalue weighted by atomic mass is 9.84. The predicted molar refractivity (Wildman–Crippen MR) is 52.5 cm³/mol. The first-order valence-electron chi connectivity index (χ1n) is 4.91. The SMILES string of the molecule is [CH2]CC(C)(C)CCCCCC. The van der Waals surface area contributed by atoms with Crippen LogP contribution in [0.3, 0.4) is 0 Å². The molecule has 0 spiro atoms. The first-order valence-corrected chi connectivity index (χ1v) is 4.91. The van der Waals surface area contributed by atoms with Crippen LogP contribution in [-0.4, -0.2) is 0 Å². The Morgan fingerprint density at radius 3 is 2.18 bits per heavy atom. The summed E-state index contributed by atoms with van der Waals surface area (Å²) in [6, 6.07) is 0. The lowest BCUT2D eigenvalue weighted by Crippen LogP contribution is -2.08. The van der Waals surface area contributed by atoms with E-state index in [1.165, 1.54) is 32.1 Å². The van der Waals surface area contributed by atoms with E-state index in [1.807, 2.05) is 0 Å². The summed E-state index contributed by atoms with van der Waals surface area (Å²) in [5, 5.41) is 0. The summed E-state index contributed by atoms with van der Waals surface area (Å²) in [6.45, 7) is 10.8. The third-order valence-electron chi connectivity index (χ3n) is 2.38. The fourth-order valence-corrected chi connectivity index (χ4v) is 1.16. The Kier molecular flexibility index (Phi) is 5.62. The van der Waals surface area contributed by atoms with Crippen LogP contribution in [0, 0.1) is 12.3 Å². The second-order valence-corrected chi connectivity index (χ2v) is 4.22. The molecule has 0 aromatic rings. The molecule has 0 unspecified atom stereocenters. The van der Waals surface area contributed by atoms with E-state index in [2.05, 4.69) is 27.7 Å². The molecule has 11 heavy (non-hydrogen) atoms. The summed E-state index contributed by atoms with van der Waals surface area (Å²) in [4.78, 5) is 0. The lowest BCUT2D eigenvalue weighted by molar-refractivity contribution is 0.322. The lowest BCUT2D eigenvalue weighted by Gasteiger charge is -2.21. The smallest absolute Gasteiger partial charge is 0.0354 e. The molecule has 0 aromatic heterocycles. The highest BCUT2D eigenvalue weighted by Crippen LogP contribution is 2.26. The molecule has 0 heterocycles. The maximum Gasteiger partial charge on any atom is -0.0354 e. The van der Waals surface area contributed by atoms with Crippen molar-refractivity contribution in [3.8, 4) is 0 Å². The molecule has 0 aliphatic heterocycles. The molecule has 0 heteroatoms. The van der Waals surface area contributed by atoms with Crippen molar-refractivity contribution in [1.29, 1.82) is 0 Å². The van der Waals surface area contributed by atoms with E-state index in [0.29, 0.717) is 5.41 Å². The normalized spacial score (nSPS) is 12.0. The minimum absolute atomic E-state index is 0.480. The van der Waals surface area contributed by atoms with Gasteiger partial charge in [0.2, 0.25) is 0 Å². The monoisotopic (exact) mass is 155 g/mol. The molecule has 0 rings (SSSR count). The molecule has 0 atom stereocenters. The van der Waals surface area contributed by atoms with Crippen LogP contribution in [-0.2, 0) is 0 Å². The summed E-state index contributed by atoms with van der Waals surface area (Å²) in [6.07, 6.45) is 7.93. The zero-order valence-electron chi connectivity index (χ0n) is 8.45. The van der Waals surface area contributed by atoms with Gasteiger partial charge in [0, 0.05) is 0 Å². The Balaban J connectivity index is 3.23. The number of unbranched alkanes of at least 4 members (excludes halogenated alkanes) is 3. The van der Waals surface area contributed by atoms with Crippen molar-refractivity contribution in [2.45, 2.75) is 59.3 Å². The minimum atomic E-state index is 0.480. The molecule has 0 aliphatic rings. The van der Waals surface area contributed by atoms with E-state index < -0.39 is 0 Å². The van der Waals surface area contributed by atoms with Gasteiger partial charge in [-0.25, -0.2) is 0 Å². The van der Waals surface area contributed by atoms with Gasteiger partial charge >= 0.3 is 0 Å². The summed E-state index contributed by atoms with van der Waals surface area (Å²) in [5.74, 6) is 0. The van der Waals surface area contributed by atoms with Crippen LogP contribution in [0.5, 0.6) is 0 Å². The van der Waals surface area contributed by atoms with E-state index in [0.717, 1.165) is 6.42 Å². The molecule has 0 saturated heterocycles. The second kappa shape index (κ2) is 5.62. The number of hydrogen-bond acceptors (Lipinski definition) is 0. The summed E-state index contributed by atoms with van der Waals surface area (Å²) >= 11 is 0. The molecule has 0 N–H and O–H groups in total. The van der Waals surface area contributed by atoms with E-state index in [4.69, 9.17) is 0 Å². The fraction of sp³-hybridized carbons (Fsp3) is 0.909. The molecule has 0 bridgehead atoms. The van der Waals surface area contributed by atoms with Gasteiger partial charge in [-0.15, -0.1) is 0 Å². The molecule has 0 aromatic carbocycles. The maximum atomic E-state index is 3.96. The fourth-order valence-electron chi connectivity index (χ4n) is 1.16. The quantitative estimate of drug-likeness (QED) is 0.504. The van der Waals surface area contributed by atoms with Gasteiger partial charge in [0.15, 0.2) is 0 Å². The van der Waals surface area contributed by atoms with Crippen molar-refractivity contribution in [2.24, 2.45) is 5.41 Å². The van der Waals surface area contributed by atoms with E-state index in [1.54, 1.807) is 0 Å². The number of hydrogen-bond donors (Lipinski definition) is 0.